The van der Waals surface area contributed by atoms with E-state index in [2.05, 4.69) is 17.4 Å². The molecule has 0 fully saturated rings. The number of hydrogen-bond acceptors (Lipinski definition) is 3. The average molecular weight is 279 g/mol. The van der Waals surface area contributed by atoms with Gasteiger partial charge >= 0.3 is 0 Å². The van der Waals surface area contributed by atoms with E-state index in [0.29, 0.717) is 11.0 Å². The topological polar surface area (TPSA) is 49.3 Å². The minimum absolute atomic E-state index is 0.0349. The van der Waals surface area contributed by atoms with Gasteiger partial charge in [0.05, 0.1) is 5.75 Å². The first-order valence-electron chi connectivity index (χ1n) is 6.83. The molecule has 1 unspecified atom stereocenters. The molecule has 4 heteroatoms. The lowest BCUT2D eigenvalue weighted by atomic mass is 10.1. The molecule has 0 heterocycles. The summed E-state index contributed by atoms with van der Waals surface area (Å²) in [5, 5.41) is 12.1. The Morgan fingerprint density at radius 3 is 3.00 bits per heavy atom. The van der Waals surface area contributed by atoms with Crippen LogP contribution in [0.2, 0.25) is 0 Å². The van der Waals surface area contributed by atoms with E-state index in [9.17, 15) is 4.79 Å². The monoisotopic (exact) mass is 279 g/mol. The molecule has 19 heavy (non-hydrogen) atoms. The van der Waals surface area contributed by atoms with Gasteiger partial charge in [-0.05, 0) is 48.9 Å². The van der Waals surface area contributed by atoms with Crippen molar-refractivity contribution in [3.8, 4) is 0 Å². The van der Waals surface area contributed by atoms with Gasteiger partial charge in [-0.3, -0.25) is 4.79 Å². The first-order chi connectivity index (χ1) is 9.19. The lowest BCUT2D eigenvalue weighted by Crippen LogP contribution is -2.16. The summed E-state index contributed by atoms with van der Waals surface area (Å²) < 4.78 is 0. The highest BCUT2D eigenvalue weighted by molar-refractivity contribution is 8.00. The molecule has 0 saturated heterocycles. The summed E-state index contributed by atoms with van der Waals surface area (Å²) in [5.74, 6) is 0.478. The largest absolute Gasteiger partial charge is 0.396 e. The fourth-order valence-electron chi connectivity index (χ4n) is 2.33. The second kappa shape index (κ2) is 6.96. The Hall–Kier alpha value is -1.00. The summed E-state index contributed by atoms with van der Waals surface area (Å²) in [6.45, 7) is 2.21. The molecule has 104 valence electrons. The van der Waals surface area contributed by atoms with Crippen LogP contribution in [-0.4, -0.2) is 28.6 Å². The Bertz CT molecular complexity index is 448. The molecule has 2 rings (SSSR count). The van der Waals surface area contributed by atoms with Crippen LogP contribution in [0.1, 0.15) is 30.9 Å². The SMILES string of the molecule is CC(CCO)SCC(=O)Nc1ccc2c(c1)CCC2. The number of aryl methyl sites for hydroxylation is 2. The van der Waals surface area contributed by atoms with Gasteiger partial charge < -0.3 is 10.4 Å². The van der Waals surface area contributed by atoms with E-state index < -0.39 is 0 Å². The van der Waals surface area contributed by atoms with Gasteiger partial charge in [-0.2, -0.15) is 0 Å². The van der Waals surface area contributed by atoms with E-state index in [-0.39, 0.29) is 12.5 Å². The lowest BCUT2D eigenvalue weighted by molar-refractivity contribution is -0.113. The minimum atomic E-state index is 0.0349. The third-order valence-corrected chi connectivity index (χ3v) is 4.65. The van der Waals surface area contributed by atoms with Crippen LogP contribution >= 0.6 is 11.8 Å². The van der Waals surface area contributed by atoms with Crippen LogP contribution in [0.15, 0.2) is 18.2 Å². The molecule has 0 radical (unpaired) electrons. The molecule has 1 aromatic rings. The molecule has 1 aliphatic carbocycles. The predicted octanol–water partition coefficient (Wildman–Crippen LogP) is 2.62. The van der Waals surface area contributed by atoms with Crippen LogP contribution in [-0.2, 0) is 17.6 Å². The molecule has 1 aromatic carbocycles. The Morgan fingerprint density at radius 1 is 1.42 bits per heavy atom. The number of carbonyl (C=O) groups is 1. The summed E-state index contributed by atoms with van der Waals surface area (Å²) in [5.41, 5.74) is 3.70. The molecule has 0 bridgehead atoms. The van der Waals surface area contributed by atoms with Gasteiger partial charge in [0.1, 0.15) is 0 Å². The molecule has 0 aliphatic heterocycles. The standard InChI is InChI=1S/C15H21NO2S/c1-11(7-8-17)19-10-15(18)16-14-6-5-12-3-2-4-13(12)9-14/h5-6,9,11,17H,2-4,7-8,10H2,1H3,(H,16,18). The molecule has 3 nitrogen and oxygen atoms in total. The third-order valence-electron chi connectivity index (χ3n) is 3.42. The number of carbonyl (C=O) groups excluding carboxylic acids is 1. The molecule has 1 aliphatic rings. The maximum absolute atomic E-state index is 11.8. The first kappa shape index (κ1) is 14.4. The number of anilines is 1. The molecule has 2 N–H and O–H groups in total. The zero-order valence-electron chi connectivity index (χ0n) is 11.3. The van der Waals surface area contributed by atoms with E-state index in [1.54, 1.807) is 11.8 Å². The Balaban J connectivity index is 1.82. The molecule has 1 amide bonds. The van der Waals surface area contributed by atoms with Crippen molar-refractivity contribution < 1.29 is 9.90 Å². The quantitative estimate of drug-likeness (QED) is 0.841. The second-order valence-corrected chi connectivity index (χ2v) is 6.45. The van der Waals surface area contributed by atoms with Crippen molar-refractivity contribution >= 4 is 23.4 Å². The van der Waals surface area contributed by atoms with Gasteiger partial charge in [-0.25, -0.2) is 0 Å². The van der Waals surface area contributed by atoms with Crippen LogP contribution in [0.3, 0.4) is 0 Å². The Kier molecular flexibility index (Phi) is 5.28. The molecule has 0 spiro atoms. The highest BCUT2D eigenvalue weighted by Gasteiger charge is 2.12. The van der Waals surface area contributed by atoms with Crippen molar-refractivity contribution in [2.45, 2.75) is 37.9 Å². The van der Waals surface area contributed by atoms with Gasteiger partial charge in [-0.15, -0.1) is 11.8 Å². The highest BCUT2D eigenvalue weighted by Crippen LogP contribution is 2.25. The van der Waals surface area contributed by atoms with E-state index in [1.807, 2.05) is 13.0 Å². The molecule has 0 saturated carbocycles. The van der Waals surface area contributed by atoms with Gasteiger partial charge in [-0.1, -0.05) is 13.0 Å². The zero-order chi connectivity index (χ0) is 13.7. The summed E-state index contributed by atoms with van der Waals surface area (Å²) in [7, 11) is 0. The minimum Gasteiger partial charge on any atom is -0.396 e. The van der Waals surface area contributed by atoms with Crippen LogP contribution < -0.4 is 5.32 Å². The molecule has 1 atom stereocenters. The average Bonchev–Trinajstić information content (AvgIpc) is 2.84. The lowest BCUT2D eigenvalue weighted by Gasteiger charge is -2.10. The number of hydrogen-bond donors (Lipinski definition) is 2. The second-order valence-electron chi connectivity index (χ2n) is 5.02. The van der Waals surface area contributed by atoms with E-state index >= 15 is 0 Å². The fraction of sp³-hybridized carbons (Fsp3) is 0.533. The number of benzene rings is 1. The van der Waals surface area contributed by atoms with Crippen LogP contribution in [0.4, 0.5) is 5.69 Å². The summed E-state index contributed by atoms with van der Waals surface area (Å²) in [6.07, 6.45) is 4.25. The summed E-state index contributed by atoms with van der Waals surface area (Å²) >= 11 is 1.58. The Morgan fingerprint density at radius 2 is 2.21 bits per heavy atom. The van der Waals surface area contributed by atoms with Crippen LogP contribution in [0, 0.1) is 0 Å². The number of amides is 1. The fourth-order valence-corrected chi connectivity index (χ4v) is 3.11. The van der Waals surface area contributed by atoms with Gasteiger partial charge in [0.15, 0.2) is 0 Å². The highest BCUT2D eigenvalue weighted by atomic mass is 32.2. The number of aliphatic hydroxyl groups excluding tert-OH is 1. The van der Waals surface area contributed by atoms with Crippen molar-refractivity contribution in [2.24, 2.45) is 0 Å². The number of nitrogens with one attached hydrogen (secondary N) is 1. The maximum Gasteiger partial charge on any atom is 0.234 e. The van der Waals surface area contributed by atoms with Gasteiger partial charge in [0.25, 0.3) is 0 Å². The van der Waals surface area contributed by atoms with Gasteiger partial charge in [0, 0.05) is 17.5 Å². The van der Waals surface area contributed by atoms with Crippen molar-refractivity contribution in [3.05, 3.63) is 29.3 Å². The van der Waals surface area contributed by atoms with Crippen molar-refractivity contribution in [3.63, 3.8) is 0 Å². The number of thioether (sulfide) groups is 1. The third kappa shape index (κ3) is 4.25. The van der Waals surface area contributed by atoms with Crippen molar-refractivity contribution in [2.75, 3.05) is 17.7 Å². The predicted molar refractivity (Wildman–Crippen MR) is 80.7 cm³/mol. The van der Waals surface area contributed by atoms with E-state index in [4.69, 9.17) is 5.11 Å². The normalized spacial score (nSPS) is 15.1. The van der Waals surface area contributed by atoms with Gasteiger partial charge in [0.2, 0.25) is 5.91 Å². The van der Waals surface area contributed by atoms with Crippen LogP contribution in [0.25, 0.3) is 0 Å². The molecule has 0 aromatic heterocycles. The van der Waals surface area contributed by atoms with Crippen LogP contribution in [0.5, 0.6) is 0 Å². The summed E-state index contributed by atoms with van der Waals surface area (Å²) in [4.78, 5) is 11.8. The first-order valence-corrected chi connectivity index (χ1v) is 7.88. The maximum atomic E-state index is 11.8. The number of rotatable bonds is 6. The Labute approximate surface area is 118 Å². The molecular formula is C15H21NO2S. The van der Waals surface area contributed by atoms with E-state index in [0.717, 1.165) is 24.9 Å². The zero-order valence-corrected chi connectivity index (χ0v) is 12.1. The van der Waals surface area contributed by atoms with Crippen molar-refractivity contribution in [1.82, 2.24) is 0 Å². The summed E-state index contributed by atoms with van der Waals surface area (Å²) in [6, 6.07) is 6.21. The smallest absolute Gasteiger partial charge is 0.234 e. The van der Waals surface area contributed by atoms with E-state index in [1.165, 1.54) is 17.5 Å². The molecular weight excluding hydrogens is 258 g/mol. The number of aliphatic hydroxyl groups is 1. The number of fused-ring (bicyclic) bond motifs is 1. The van der Waals surface area contributed by atoms with Crippen molar-refractivity contribution in [1.29, 1.82) is 0 Å².